The van der Waals surface area contributed by atoms with Crippen LogP contribution in [0.25, 0.3) is 5.70 Å². The Balaban J connectivity index is 1.49. The van der Waals surface area contributed by atoms with Crippen molar-refractivity contribution in [3.8, 4) is 0 Å². The van der Waals surface area contributed by atoms with Crippen molar-refractivity contribution in [2.45, 2.75) is 13.0 Å². The number of aryl methyl sites for hydroxylation is 1. The van der Waals surface area contributed by atoms with E-state index in [0.29, 0.717) is 16.5 Å². The van der Waals surface area contributed by atoms with Crippen LogP contribution in [0.15, 0.2) is 84.9 Å². The van der Waals surface area contributed by atoms with E-state index in [1.54, 1.807) is 28.9 Å². The summed E-state index contributed by atoms with van der Waals surface area (Å²) in [5, 5.41) is 11.3. The van der Waals surface area contributed by atoms with Crippen molar-refractivity contribution >= 4 is 35.1 Å². The van der Waals surface area contributed by atoms with E-state index in [1.165, 1.54) is 5.56 Å². The predicted octanol–water partition coefficient (Wildman–Crippen LogP) is 5.55. The fourth-order valence-electron chi connectivity index (χ4n) is 3.61. The first kappa shape index (κ1) is 20.0. The zero-order valence-electron chi connectivity index (χ0n) is 17.3. The van der Waals surface area contributed by atoms with Crippen molar-refractivity contribution in [1.82, 2.24) is 14.8 Å². The Morgan fingerprint density at radius 3 is 2.44 bits per heavy atom. The Morgan fingerprint density at radius 2 is 1.72 bits per heavy atom. The van der Waals surface area contributed by atoms with Gasteiger partial charge in [-0.15, -0.1) is 5.10 Å². The minimum atomic E-state index is -0.299. The quantitative estimate of drug-likeness (QED) is 0.435. The van der Waals surface area contributed by atoms with Gasteiger partial charge in [0.15, 0.2) is 0 Å². The van der Waals surface area contributed by atoms with E-state index in [9.17, 15) is 4.79 Å². The van der Waals surface area contributed by atoms with Crippen LogP contribution >= 0.6 is 11.6 Å². The maximum atomic E-state index is 12.6. The number of hydrogen-bond acceptors (Lipinski definition) is 4. The summed E-state index contributed by atoms with van der Waals surface area (Å²) >= 11 is 5.92. The third kappa shape index (κ3) is 4.00. The second kappa shape index (κ2) is 8.32. The largest absolute Gasteiger partial charge is 0.324 e. The molecule has 158 valence electrons. The van der Waals surface area contributed by atoms with Gasteiger partial charge in [0.1, 0.15) is 6.04 Å². The van der Waals surface area contributed by atoms with Gasteiger partial charge in [0.2, 0.25) is 5.95 Å². The molecule has 0 bridgehead atoms. The monoisotopic (exact) mass is 441 g/mol. The SMILES string of the molecule is Cc1ccc(C2=C[C@@H](c3ccccc3)n3nc(NC(=O)c4ccc(Cl)cc4)nc3N2)cc1. The number of benzene rings is 3. The number of nitrogens with zero attached hydrogens (tertiary/aromatic N) is 3. The van der Waals surface area contributed by atoms with Gasteiger partial charge in [-0.2, -0.15) is 4.98 Å². The summed E-state index contributed by atoms with van der Waals surface area (Å²) in [7, 11) is 0. The van der Waals surface area contributed by atoms with Crippen LogP contribution in [0.4, 0.5) is 11.9 Å². The smallest absolute Gasteiger partial charge is 0.258 e. The second-order valence-electron chi connectivity index (χ2n) is 7.59. The standard InChI is InChI=1S/C25H20ClN5O/c1-16-7-9-17(10-8-16)21-15-22(18-5-3-2-4-6-18)31-25(27-21)29-24(30-31)28-23(32)19-11-13-20(26)14-12-19/h2-15,22H,1H3,(H2,27,28,29,30,32)/t22-/m0/s1. The highest BCUT2D eigenvalue weighted by Gasteiger charge is 2.25. The molecule has 1 amide bonds. The molecule has 1 aliphatic rings. The van der Waals surface area contributed by atoms with Crippen LogP contribution in [-0.2, 0) is 0 Å². The number of hydrogen-bond donors (Lipinski definition) is 2. The number of allylic oxidation sites excluding steroid dienone is 1. The number of halogens is 1. The molecule has 3 aromatic carbocycles. The Kier molecular flexibility index (Phi) is 5.21. The molecule has 2 N–H and O–H groups in total. The zero-order valence-corrected chi connectivity index (χ0v) is 18.0. The maximum absolute atomic E-state index is 12.6. The van der Waals surface area contributed by atoms with E-state index >= 15 is 0 Å². The molecular weight excluding hydrogens is 422 g/mol. The molecule has 0 unspecified atom stereocenters. The van der Waals surface area contributed by atoms with E-state index < -0.39 is 0 Å². The van der Waals surface area contributed by atoms with Crippen LogP contribution in [0.2, 0.25) is 5.02 Å². The molecule has 2 heterocycles. The summed E-state index contributed by atoms with van der Waals surface area (Å²) in [5.74, 6) is 0.489. The van der Waals surface area contributed by atoms with E-state index in [1.807, 2.05) is 18.2 Å². The van der Waals surface area contributed by atoms with Gasteiger partial charge in [0.25, 0.3) is 11.9 Å². The summed E-state index contributed by atoms with van der Waals surface area (Å²) < 4.78 is 1.78. The van der Waals surface area contributed by atoms with Crippen LogP contribution in [0.3, 0.4) is 0 Å². The Hall–Kier alpha value is -3.90. The van der Waals surface area contributed by atoms with Crippen molar-refractivity contribution in [2.24, 2.45) is 0 Å². The lowest BCUT2D eigenvalue weighted by Gasteiger charge is -2.24. The highest BCUT2D eigenvalue weighted by Crippen LogP contribution is 2.33. The number of carbonyl (C=O) groups is 1. The molecule has 0 saturated heterocycles. The number of rotatable bonds is 4. The molecule has 5 rings (SSSR count). The molecule has 0 fully saturated rings. The van der Waals surface area contributed by atoms with Gasteiger partial charge in [-0.3, -0.25) is 10.1 Å². The fraction of sp³-hybridized carbons (Fsp3) is 0.0800. The molecule has 32 heavy (non-hydrogen) atoms. The molecule has 1 aliphatic heterocycles. The van der Waals surface area contributed by atoms with Crippen LogP contribution in [0.5, 0.6) is 0 Å². The minimum absolute atomic E-state index is 0.169. The van der Waals surface area contributed by atoms with Gasteiger partial charge in [0, 0.05) is 16.3 Å². The molecular formula is C25H20ClN5O. The summed E-state index contributed by atoms with van der Waals surface area (Å²) in [6, 6.07) is 24.9. The van der Waals surface area contributed by atoms with E-state index in [-0.39, 0.29) is 17.9 Å². The number of amides is 1. The number of nitrogens with one attached hydrogen (secondary N) is 2. The first-order valence-electron chi connectivity index (χ1n) is 10.2. The average Bonchev–Trinajstić information content (AvgIpc) is 3.22. The maximum Gasteiger partial charge on any atom is 0.258 e. The molecule has 1 aromatic heterocycles. The summed E-state index contributed by atoms with van der Waals surface area (Å²) in [4.78, 5) is 17.2. The average molecular weight is 442 g/mol. The van der Waals surface area contributed by atoms with Crippen LogP contribution < -0.4 is 10.6 Å². The molecule has 4 aromatic rings. The van der Waals surface area contributed by atoms with Crippen molar-refractivity contribution in [3.05, 3.63) is 112 Å². The number of fused-ring (bicyclic) bond motifs is 1. The Bertz CT molecular complexity index is 1290. The van der Waals surface area contributed by atoms with Gasteiger partial charge in [-0.25, -0.2) is 4.68 Å². The number of carbonyl (C=O) groups excluding carboxylic acids is 1. The molecule has 6 nitrogen and oxygen atoms in total. The lowest BCUT2D eigenvalue weighted by atomic mass is 10.0. The van der Waals surface area contributed by atoms with Crippen LogP contribution in [0, 0.1) is 6.92 Å². The molecule has 0 saturated carbocycles. The van der Waals surface area contributed by atoms with Crippen LogP contribution in [0.1, 0.15) is 33.1 Å². The van der Waals surface area contributed by atoms with Gasteiger partial charge >= 0.3 is 0 Å². The predicted molar refractivity (Wildman–Crippen MR) is 127 cm³/mol. The molecule has 0 spiro atoms. The van der Waals surface area contributed by atoms with Gasteiger partial charge in [0.05, 0.1) is 0 Å². The molecule has 1 atom stereocenters. The highest BCUT2D eigenvalue weighted by molar-refractivity contribution is 6.30. The molecule has 7 heteroatoms. The van der Waals surface area contributed by atoms with Gasteiger partial charge < -0.3 is 5.32 Å². The summed E-state index contributed by atoms with van der Waals surface area (Å²) in [5.41, 5.74) is 4.74. The summed E-state index contributed by atoms with van der Waals surface area (Å²) in [6.45, 7) is 2.06. The third-order valence-electron chi connectivity index (χ3n) is 5.30. The number of aromatic nitrogens is 3. The first-order chi connectivity index (χ1) is 15.6. The molecule has 0 aliphatic carbocycles. The number of anilines is 2. The van der Waals surface area contributed by atoms with Crippen molar-refractivity contribution in [2.75, 3.05) is 10.6 Å². The van der Waals surface area contributed by atoms with Gasteiger partial charge in [-0.05, 0) is 48.4 Å². The second-order valence-corrected chi connectivity index (χ2v) is 8.03. The fourth-order valence-corrected chi connectivity index (χ4v) is 3.74. The van der Waals surface area contributed by atoms with E-state index in [0.717, 1.165) is 16.8 Å². The Labute approximate surface area is 190 Å². The van der Waals surface area contributed by atoms with Crippen LogP contribution in [-0.4, -0.2) is 20.7 Å². The van der Waals surface area contributed by atoms with Crippen molar-refractivity contribution < 1.29 is 4.79 Å². The normalized spacial score (nSPS) is 14.8. The van der Waals surface area contributed by atoms with E-state index in [2.05, 4.69) is 70.1 Å². The highest BCUT2D eigenvalue weighted by atomic mass is 35.5. The third-order valence-corrected chi connectivity index (χ3v) is 5.55. The van der Waals surface area contributed by atoms with Crippen molar-refractivity contribution in [1.29, 1.82) is 0 Å². The zero-order chi connectivity index (χ0) is 22.1. The summed E-state index contributed by atoms with van der Waals surface area (Å²) in [6.07, 6.45) is 2.12. The van der Waals surface area contributed by atoms with Crippen molar-refractivity contribution in [3.63, 3.8) is 0 Å². The minimum Gasteiger partial charge on any atom is -0.324 e. The topological polar surface area (TPSA) is 71.8 Å². The lowest BCUT2D eigenvalue weighted by molar-refractivity contribution is 0.102. The lowest BCUT2D eigenvalue weighted by Crippen LogP contribution is -2.20. The Morgan fingerprint density at radius 1 is 1.00 bits per heavy atom. The molecule has 0 radical (unpaired) electrons. The first-order valence-corrected chi connectivity index (χ1v) is 10.6. The van der Waals surface area contributed by atoms with E-state index in [4.69, 9.17) is 11.6 Å². The van der Waals surface area contributed by atoms with Gasteiger partial charge in [-0.1, -0.05) is 71.8 Å².